The topological polar surface area (TPSA) is 9.23 Å². The molecule has 0 amide bonds. The van der Waals surface area contributed by atoms with E-state index in [9.17, 15) is 0 Å². The minimum absolute atomic E-state index is 0.118. The maximum atomic E-state index is 6.33. The Kier molecular flexibility index (Phi) is 6.54. The molecule has 1 heteroatoms. The molecule has 0 saturated carbocycles. The van der Waals surface area contributed by atoms with Crippen LogP contribution in [-0.4, -0.2) is 0 Å². The fraction of sp³-hybridized carbons (Fsp3) is 0.652. The summed E-state index contributed by atoms with van der Waals surface area (Å²) in [6.07, 6.45) is 10.4. The molecule has 1 aliphatic rings. The van der Waals surface area contributed by atoms with E-state index in [2.05, 4.69) is 53.7 Å². The number of fused-ring (bicyclic) bond motifs is 1. The number of rotatable bonds is 7. The molecular formula is C23H36O. The molecule has 2 rings (SSSR count). The molecule has 0 radical (unpaired) electrons. The van der Waals surface area contributed by atoms with Gasteiger partial charge < -0.3 is 4.74 Å². The van der Waals surface area contributed by atoms with Crippen molar-refractivity contribution in [3.8, 4) is 5.75 Å². The summed E-state index contributed by atoms with van der Waals surface area (Å²) in [4.78, 5) is 0. The van der Waals surface area contributed by atoms with Crippen LogP contribution in [0.5, 0.6) is 5.75 Å². The van der Waals surface area contributed by atoms with E-state index in [1.54, 1.807) is 0 Å². The molecule has 1 nitrogen and oxygen atoms in total. The Balaban J connectivity index is 2.05. The average Bonchev–Trinajstić information content (AvgIpc) is 2.50. The molecule has 0 bridgehead atoms. The number of unbranched alkanes of at least 4 members (excludes halogenated alkanes) is 5. The first-order chi connectivity index (χ1) is 11.3. The van der Waals surface area contributed by atoms with Crippen molar-refractivity contribution in [3.63, 3.8) is 0 Å². The first-order valence-electron chi connectivity index (χ1n) is 9.83. The number of hydrogen-bond donors (Lipinski definition) is 0. The highest BCUT2D eigenvalue weighted by atomic mass is 16.5. The van der Waals surface area contributed by atoms with Gasteiger partial charge >= 0.3 is 0 Å². The van der Waals surface area contributed by atoms with E-state index in [0.717, 1.165) is 17.9 Å². The van der Waals surface area contributed by atoms with Crippen molar-refractivity contribution in [2.75, 3.05) is 0 Å². The maximum Gasteiger partial charge on any atom is 0.134 e. The number of aryl methyl sites for hydroxylation is 1. The van der Waals surface area contributed by atoms with Gasteiger partial charge in [0, 0.05) is 12.0 Å². The summed E-state index contributed by atoms with van der Waals surface area (Å²) in [5.74, 6) is 2.27. The van der Waals surface area contributed by atoms with Crippen molar-refractivity contribution in [3.05, 3.63) is 40.2 Å². The summed E-state index contributed by atoms with van der Waals surface area (Å²) in [5.41, 5.74) is 5.69. The molecule has 0 spiro atoms. The molecule has 24 heavy (non-hydrogen) atoms. The Morgan fingerprint density at radius 2 is 1.62 bits per heavy atom. The quantitative estimate of drug-likeness (QED) is 0.479. The van der Waals surface area contributed by atoms with Crippen molar-refractivity contribution < 1.29 is 4.74 Å². The lowest BCUT2D eigenvalue weighted by atomic mass is 9.82. The van der Waals surface area contributed by atoms with Gasteiger partial charge in [-0.1, -0.05) is 77.5 Å². The number of allylic oxidation sites excluding steroid dienone is 2. The first-order valence-corrected chi connectivity index (χ1v) is 9.83. The lowest BCUT2D eigenvalue weighted by Gasteiger charge is -2.29. The molecule has 0 aliphatic carbocycles. The lowest BCUT2D eigenvalue weighted by molar-refractivity contribution is 0.382. The number of benzene rings is 1. The standard InChI is InChI=1S/C23H36O/c1-7-8-9-10-11-12-13-19-16-20-14-17(2)15-21(23(4,5)6)22(20)24-18(19)3/h14-15H,7-13,16H2,1-6H3. The molecule has 0 unspecified atom stereocenters. The van der Waals surface area contributed by atoms with E-state index < -0.39 is 0 Å². The molecule has 1 heterocycles. The Labute approximate surface area is 149 Å². The second-order valence-corrected chi connectivity index (χ2v) is 8.51. The minimum atomic E-state index is 0.118. The van der Waals surface area contributed by atoms with E-state index in [4.69, 9.17) is 4.74 Å². The Hall–Kier alpha value is -1.24. The Bertz CT molecular complexity index is 587. The van der Waals surface area contributed by atoms with E-state index in [-0.39, 0.29) is 5.41 Å². The summed E-state index contributed by atoms with van der Waals surface area (Å²) in [6.45, 7) is 13.5. The molecule has 0 fully saturated rings. The van der Waals surface area contributed by atoms with Gasteiger partial charge in [-0.15, -0.1) is 0 Å². The molecule has 1 aromatic carbocycles. The van der Waals surface area contributed by atoms with Gasteiger partial charge in [-0.2, -0.15) is 0 Å². The van der Waals surface area contributed by atoms with Crippen LogP contribution in [0.4, 0.5) is 0 Å². The predicted octanol–water partition coefficient (Wildman–Crippen LogP) is 7.25. The van der Waals surface area contributed by atoms with E-state index in [1.165, 1.54) is 67.2 Å². The van der Waals surface area contributed by atoms with Crippen molar-refractivity contribution in [1.82, 2.24) is 0 Å². The smallest absolute Gasteiger partial charge is 0.134 e. The highest BCUT2D eigenvalue weighted by Crippen LogP contribution is 2.41. The van der Waals surface area contributed by atoms with Crippen LogP contribution in [0, 0.1) is 6.92 Å². The van der Waals surface area contributed by atoms with Crippen molar-refractivity contribution in [2.24, 2.45) is 0 Å². The van der Waals surface area contributed by atoms with Crippen molar-refractivity contribution in [1.29, 1.82) is 0 Å². The van der Waals surface area contributed by atoms with Gasteiger partial charge in [0.25, 0.3) is 0 Å². The number of ether oxygens (including phenoxy) is 1. The lowest BCUT2D eigenvalue weighted by Crippen LogP contribution is -2.18. The fourth-order valence-electron chi connectivity index (χ4n) is 3.62. The van der Waals surface area contributed by atoms with Gasteiger partial charge in [0.15, 0.2) is 0 Å². The predicted molar refractivity (Wildman–Crippen MR) is 105 cm³/mol. The largest absolute Gasteiger partial charge is 0.461 e. The summed E-state index contributed by atoms with van der Waals surface area (Å²) in [7, 11) is 0. The normalized spacial score (nSPS) is 14.6. The van der Waals surface area contributed by atoms with Crippen LogP contribution in [0.15, 0.2) is 23.5 Å². The zero-order valence-corrected chi connectivity index (χ0v) is 16.7. The van der Waals surface area contributed by atoms with Gasteiger partial charge in [-0.25, -0.2) is 0 Å². The van der Waals surface area contributed by atoms with Gasteiger partial charge in [-0.05, 0) is 43.2 Å². The van der Waals surface area contributed by atoms with Gasteiger partial charge in [0.1, 0.15) is 11.5 Å². The summed E-state index contributed by atoms with van der Waals surface area (Å²) in [6, 6.07) is 4.61. The van der Waals surface area contributed by atoms with E-state index in [0.29, 0.717) is 0 Å². The van der Waals surface area contributed by atoms with Crippen molar-refractivity contribution in [2.45, 2.75) is 98.3 Å². The maximum absolute atomic E-state index is 6.33. The molecular weight excluding hydrogens is 292 g/mol. The van der Waals surface area contributed by atoms with E-state index >= 15 is 0 Å². The zero-order chi connectivity index (χ0) is 17.7. The SMILES string of the molecule is CCCCCCCCC1=C(C)Oc2c(cc(C)cc2C(C)(C)C)C1. The second kappa shape index (κ2) is 8.23. The molecule has 134 valence electrons. The highest BCUT2D eigenvalue weighted by Gasteiger charge is 2.26. The zero-order valence-electron chi connectivity index (χ0n) is 16.7. The molecule has 0 aromatic heterocycles. The molecule has 1 aromatic rings. The third-order valence-corrected chi connectivity index (χ3v) is 5.11. The summed E-state index contributed by atoms with van der Waals surface area (Å²) in [5, 5.41) is 0. The van der Waals surface area contributed by atoms with E-state index in [1.807, 2.05) is 0 Å². The molecule has 1 aliphatic heterocycles. The van der Waals surface area contributed by atoms with Crippen LogP contribution in [0.25, 0.3) is 0 Å². The third-order valence-electron chi connectivity index (χ3n) is 5.11. The third kappa shape index (κ3) is 4.88. The van der Waals surface area contributed by atoms with Crippen molar-refractivity contribution >= 4 is 0 Å². The van der Waals surface area contributed by atoms with Gasteiger partial charge in [0.05, 0.1) is 0 Å². The first kappa shape index (κ1) is 19.1. The monoisotopic (exact) mass is 328 g/mol. The molecule has 0 N–H and O–H groups in total. The fourth-order valence-corrected chi connectivity index (χ4v) is 3.62. The second-order valence-electron chi connectivity index (χ2n) is 8.51. The summed E-state index contributed by atoms with van der Waals surface area (Å²) < 4.78 is 6.33. The van der Waals surface area contributed by atoms with Crippen LogP contribution < -0.4 is 4.74 Å². The van der Waals surface area contributed by atoms with Gasteiger partial charge in [-0.3, -0.25) is 0 Å². The van der Waals surface area contributed by atoms with Gasteiger partial charge in [0.2, 0.25) is 0 Å². The number of hydrogen-bond acceptors (Lipinski definition) is 1. The average molecular weight is 329 g/mol. The van der Waals surface area contributed by atoms with Crippen LogP contribution in [0.1, 0.15) is 96.3 Å². The Morgan fingerprint density at radius 3 is 2.29 bits per heavy atom. The summed E-state index contributed by atoms with van der Waals surface area (Å²) >= 11 is 0. The van der Waals surface area contributed by atoms with Crippen LogP contribution in [0.3, 0.4) is 0 Å². The van der Waals surface area contributed by atoms with Crippen LogP contribution in [-0.2, 0) is 11.8 Å². The highest BCUT2D eigenvalue weighted by molar-refractivity contribution is 5.52. The molecule has 0 saturated heterocycles. The Morgan fingerprint density at radius 1 is 0.958 bits per heavy atom. The van der Waals surface area contributed by atoms with Crippen LogP contribution in [0.2, 0.25) is 0 Å². The molecule has 0 atom stereocenters. The minimum Gasteiger partial charge on any atom is -0.461 e. The van der Waals surface area contributed by atoms with Crippen LogP contribution >= 0.6 is 0 Å².